The lowest BCUT2D eigenvalue weighted by Crippen LogP contribution is -2.32. The molecule has 0 aliphatic carbocycles. The number of hydrogen-bond acceptors (Lipinski definition) is 6. The fraction of sp³-hybridized carbons (Fsp3) is 0.500. The molecular weight excluding hydrogens is 374 g/mol. The molecule has 1 fully saturated rings. The molecule has 1 aliphatic rings. The van der Waals surface area contributed by atoms with Gasteiger partial charge in [-0.25, -0.2) is 4.79 Å². The number of aliphatic carboxylic acids is 1. The molecule has 0 aromatic heterocycles. The van der Waals surface area contributed by atoms with E-state index in [1.807, 2.05) is 21.6 Å². The Morgan fingerprint density at radius 1 is 1.23 bits per heavy atom. The molecular formula is C18H25NO5S2. The SMILES string of the molecule is NC(Cc1ccc(C(=O)O)cc1)C(=O)O.O=CCCCCC1CCSS1. The number of benzene rings is 1. The Kier molecular flexibility index (Phi) is 11.1. The molecule has 6 nitrogen and oxygen atoms in total. The molecule has 0 bridgehead atoms. The van der Waals surface area contributed by atoms with E-state index in [0.29, 0.717) is 5.56 Å². The molecule has 2 rings (SSSR count). The first-order valence-electron chi connectivity index (χ1n) is 8.46. The summed E-state index contributed by atoms with van der Waals surface area (Å²) in [6.07, 6.45) is 6.97. The van der Waals surface area contributed by atoms with Crippen molar-refractivity contribution in [3.8, 4) is 0 Å². The predicted octanol–water partition coefficient (Wildman–Crippen LogP) is 3.24. The number of carbonyl (C=O) groups is 3. The Bertz CT molecular complexity index is 573. The van der Waals surface area contributed by atoms with Gasteiger partial charge in [-0.3, -0.25) is 4.79 Å². The van der Waals surface area contributed by atoms with Gasteiger partial charge in [0.2, 0.25) is 0 Å². The third-order valence-corrected chi connectivity index (χ3v) is 6.81. The molecule has 1 saturated heterocycles. The minimum atomic E-state index is -1.07. The molecule has 1 aromatic rings. The summed E-state index contributed by atoms with van der Waals surface area (Å²) >= 11 is 0. The van der Waals surface area contributed by atoms with Crippen molar-refractivity contribution in [3.05, 3.63) is 35.4 Å². The molecule has 2 atom stereocenters. The van der Waals surface area contributed by atoms with Crippen molar-refractivity contribution in [2.75, 3.05) is 5.75 Å². The van der Waals surface area contributed by atoms with Crippen molar-refractivity contribution in [1.82, 2.24) is 0 Å². The van der Waals surface area contributed by atoms with Crippen LogP contribution in [0.15, 0.2) is 24.3 Å². The summed E-state index contributed by atoms with van der Waals surface area (Å²) in [6.45, 7) is 0. The van der Waals surface area contributed by atoms with Crippen LogP contribution < -0.4 is 5.73 Å². The normalized spacial score (nSPS) is 17.0. The maximum Gasteiger partial charge on any atom is 0.335 e. The van der Waals surface area contributed by atoms with Crippen LogP contribution in [0.25, 0.3) is 0 Å². The number of carboxylic acids is 2. The van der Waals surface area contributed by atoms with Gasteiger partial charge in [0.25, 0.3) is 0 Å². The highest BCUT2D eigenvalue weighted by Gasteiger charge is 2.15. The van der Waals surface area contributed by atoms with Crippen LogP contribution in [0.1, 0.15) is 48.0 Å². The fourth-order valence-electron chi connectivity index (χ4n) is 2.29. The molecule has 26 heavy (non-hydrogen) atoms. The maximum atomic E-state index is 10.5. The number of nitrogens with two attached hydrogens (primary N) is 1. The van der Waals surface area contributed by atoms with Crippen LogP contribution in [0.3, 0.4) is 0 Å². The van der Waals surface area contributed by atoms with Crippen molar-refractivity contribution in [2.45, 2.75) is 49.8 Å². The van der Waals surface area contributed by atoms with Gasteiger partial charge in [-0.05, 0) is 43.4 Å². The Hall–Kier alpha value is -1.51. The van der Waals surface area contributed by atoms with Gasteiger partial charge in [-0.15, -0.1) is 0 Å². The van der Waals surface area contributed by atoms with Crippen LogP contribution in [0, 0.1) is 0 Å². The monoisotopic (exact) mass is 399 g/mol. The second kappa shape index (κ2) is 12.8. The summed E-state index contributed by atoms with van der Waals surface area (Å²) < 4.78 is 0. The van der Waals surface area contributed by atoms with E-state index in [-0.39, 0.29) is 12.0 Å². The van der Waals surface area contributed by atoms with Crippen molar-refractivity contribution in [1.29, 1.82) is 0 Å². The summed E-state index contributed by atoms with van der Waals surface area (Å²) in [7, 11) is 4.02. The summed E-state index contributed by atoms with van der Waals surface area (Å²) in [5, 5.41) is 18.1. The highest BCUT2D eigenvalue weighted by atomic mass is 33.1. The van der Waals surface area contributed by atoms with E-state index in [9.17, 15) is 14.4 Å². The minimum Gasteiger partial charge on any atom is -0.480 e. The number of aldehydes is 1. The average Bonchev–Trinajstić information content (AvgIpc) is 3.13. The smallest absolute Gasteiger partial charge is 0.335 e. The number of carbonyl (C=O) groups excluding carboxylic acids is 1. The summed E-state index contributed by atoms with van der Waals surface area (Å²) in [6, 6.07) is 5.01. The number of aromatic carboxylic acids is 1. The summed E-state index contributed by atoms with van der Waals surface area (Å²) in [5.41, 5.74) is 6.20. The van der Waals surface area contributed by atoms with Crippen molar-refractivity contribution in [2.24, 2.45) is 5.73 Å². The average molecular weight is 400 g/mol. The zero-order valence-corrected chi connectivity index (χ0v) is 16.1. The molecule has 0 spiro atoms. The molecule has 4 N–H and O–H groups in total. The topological polar surface area (TPSA) is 118 Å². The fourth-order valence-corrected chi connectivity index (χ4v) is 5.32. The molecule has 0 radical (unpaired) electrons. The van der Waals surface area contributed by atoms with E-state index in [0.717, 1.165) is 24.4 Å². The van der Waals surface area contributed by atoms with Gasteiger partial charge in [-0.2, -0.15) is 0 Å². The van der Waals surface area contributed by atoms with Crippen molar-refractivity contribution < 1.29 is 24.6 Å². The molecule has 8 heteroatoms. The van der Waals surface area contributed by atoms with Gasteiger partial charge < -0.3 is 20.7 Å². The number of rotatable bonds is 9. The Balaban J connectivity index is 0.000000273. The molecule has 2 unspecified atom stereocenters. The van der Waals surface area contributed by atoms with Crippen LogP contribution >= 0.6 is 21.6 Å². The highest BCUT2D eigenvalue weighted by molar-refractivity contribution is 8.77. The van der Waals surface area contributed by atoms with E-state index in [2.05, 4.69) is 0 Å². The molecule has 0 saturated carbocycles. The largest absolute Gasteiger partial charge is 0.480 e. The second-order valence-electron chi connectivity index (χ2n) is 5.93. The molecule has 0 amide bonds. The first-order valence-corrected chi connectivity index (χ1v) is 10.8. The first kappa shape index (κ1) is 22.5. The number of unbranched alkanes of at least 4 members (excludes halogenated alkanes) is 2. The Labute approximate surface area is 161 Å². The summed E-state index contributed by atoms with van der Waals surface area (Å²) in [5.74, 6) is -0.760. The van der Waals surface area contributed by atoms with Gasteiger partial charge >= 0.3 is 11.9 Å². The summed E-state index contributed by atoms with van der Waals surface area (Å²) in [4.78, 5) is 31.0. The van der Waals surface area contributed by atoms with Gasteiger partial charge in [0.15, 0.2) is 0 Å². The van der Waals surface area contributed by atoms with Crippen LogP contribution in [0.2, 0.25) is 0 Å². The zero-order chi connectivity index (χ0) is 19.4. The van der Waals surface area contributed by atoms with Crippen molar-refractivity contribution >= 4 is 39.8 Å². The van der Waals surface area contributed by atoms with E-state index in [1.54, 1.807) is 12.1 Å². The maximum absolute atomic E-state index is 10.5. The first-order chi connectivity index (χ1) is 12.4. The van der Waals surface area contributed by atoms with E-state index < -0.39 is 18.0 Å². The van der Waals surface area contributed by atoms with Crippen LogP contribution in [0.5, 0.6) is 0 Å². The second-order valence-corrected chi connectivity index (χ2v) is 8.72. The number of carboxylic acid groups (broad SMARTS) is 2. The predicted molar refractivity (Wildman–Crippen MR) is 106 cm³/mol. The molecule has 1 heterocycles. The van der Waals surface area contributed by atoms with Gasteiger partial charge in [0.05, 0.1) is 5.56 Å². The van der Waals surface area contributed by atoms with Gasteiger partial charge in [0.1, 0.15) is 12.3 Å². The Morgan fingerprint density at radius 3 is 2.42 bits per heavy atom. The lowest BCUT2D eigenvalue weighted by molar-refractivity contribution is -0.138. The highest BCUT2D eigenvalue weighted by Crippen LogP contribution is 2.39. The van der Waals surface area contributed by atoms with E-state index >= 15 is 0 Å². The zero-order valence-electron chi connectivity index (χ0n) is 14.5. The van der Waals surface area contributed by atoms with Crippen molar-refractivity contribution in [3.63, 3.8) is 0 Å². The third kappa shape index (κ3) is 9.26. The molecule has 144 valence electrons. The van der Waals surface area contributed by atoms with Gasteiger partial charge in [0, 0.05) is 17.4 Å². The quantitative estimate of drug-likeness (QED) is 0.329. The lowest BCUT2D eigenvalue weighted by Gasteiger charge is -2.06. The lowest BCUT2D eigenvalue weighted by atomic mass is 10.0. The molecule has 1 aliphatic heterocycles. The van der Waals surface area contributed by atoms with Gasteiger partial charge in [-0.1, -0.05) is 40.1 Å². The minimum absolute atomic E-state index is 0.169. The standard InChI is InChI=1S/C10H11NO4.C8H14OS2/c11-8(10(14)15)5-6-1-3-7(4-2-6)9(12)13;9-6-3-1-2-4-8-5-7-10-11-8/h1-4,8H,5,11H2,(H,12,13)(H,14,15);6,8H,1-5,7H2. The van der Waals surface area contributed by atoms with E-state index in [1.165, 1.54) is 37.1 Å². The molecule has 1 aromatic carbocycles. The Morgan fingerprint density at radius 2 is 1.92 bits per heavy atom. The van der Waals surface area contributed by atoms with E-state index in [4.69, 9.17) is 15.9 Å². The van der Waals surface area contributed by atoms with Crippen LogP contribution in [-0.2, 0) is 16.0 Å². The third-order valence-electron chi connectivity index (χ3n) is 3.80. The van der Waals surface area contributed by atoms with Crippen LogP contribution in [0.4, 0.5) is 0 Å². The van der Waals surface area contributed by atoms with Crippen LogP contribution in [-0.4, -0.2) is 45.5 Å². The number of hydrogen-bond donors (Lipinski definition) is 3.